The lowest BCUT2D eigenvalue weighted by Gasteiger charge is -2.12. The summed E-state index contributed by atoms with van der Waals surface area (Å²) in [4.78, 5) is 8.18. The van der Waals surface area contributed by atoms with E-state index in [0.29, 0.717) is 24.0 Å². The van der Waals surface area contributed by atoms with Crippen molar-refractivity contribution >= 4 is 33.1 Å². The van der Waals surface area contributed by atoms with Crippen LogP contribution in [0.4, 0.5) is 17.2 Å². The first kappa shape index (κ1) is 15.4. The third-order valence-electron chi connectivity index (χ3n) is 2.66. The Balaban J connectivity index is 2.25. The summed E-state index contributed by atoms with van der Waals surface area (Å²) in [6.45, 7) is 2.58. The van der Waals surface area contributed by atoms with E-state index in [9.17, 15) is 0 Å². The summed E-state index contributed by atoms with van der Waals surface area (Å²) >= 11 is 3.43. The molecule has 0 fully saturated rings. The van der Waals surface area contributed by atoms with Gasteiger partial charge in [-0.2, -0.15) is 4.98 Å². The molecule has 0 radical (unpaired) electrons. The first-order valence-corrected chi connectivity index (χ1v) is 7.28. The second-order valence-corrected chi connectivity index (χ2v) is 5.21. The van der Waals surface area contributed by atoms with Crippen LogP contribution in [0.25, 0.3) is 0 Å². The maximum Gasteiger partial charge on any atom is 0.242 e. The standard InChI is InChI=1S/C14H17BrN4O2/c1-3-4-21-14-12(16)13(17-8-18-14)19-10-5-9(15)6-11(7-10)20-2/h5-8H,3-4,16H2,1-2H3,(H,17,18,19). The van der Waals surface area contributed by atoms with Crippen molar-refractivity contribution in [2.24, 2.45) is 0 Å². The van der Waals surface area contributed by atoms with E-state index in [0.717, 1.165) is 22.3 Å². The molecule has 112 valence electrons. The first-order valence-electron chi connectivity index (χ1n) is 6.49. The van der Waals surface area contributed by atoms with Gasteiger partial charge in [-0.1, -0.05) is 22.9 Å². The largest absolute Gasteiger partial charge is 0.497 e. The summed E-state index contributed by atoms with van der Waals surface area (Å²) in [5.74, 6) is 1.61. The Morgan fingerprint density at radius 1 is 1.29 bits per heavy atom. The lowest BCUT2D eigenvalue weighted by Crippen LogP contribution is -2.06. The molecule has 0 unspecified atom stereocenters. The molecule has 21 heavy (non-hydrogen) atoms. The maximum absolute atomic E-state index is 6.03. The molecule has 7 heteroatoms. The summed E-state index contributed by atoms with van der Waals surface area (Å²) in [5, 5.41) is 3.14. The van der Waals surface area contributed by atoms with E-state index in [2.05, 4.69) is 31.2 Å². The highest BCUT2D eigenvalue weighted by molar-refractivity contribution is 9.10. The van der Waals surface area contributed by atoms with E-state index in [1.807, 2.05) is 25.1 Å². The molecule has 1 aromatic heterocycles. The number of nitrogens with zero attached hydrogens (tertiary/aromatic N) is 2. The van der Waals surface area contributed by atoms with E-state index < -0.39 is 0 Å². The van der Waals surface area contributed by atoms with Gasteiger partial charge in [-0.25, -0.2) is 4.98 Å². The number of nitrogens with one attached hydrogen (secondary N) is 1. The third kappa shape index (κ3) is 3.98. The van der Waals surface area contributed by atoms with Gasteiger partial charge < -0.3 is 20.5 Å². The average molecular weight is 353 g/mol. The number of ether oxygens (including phenoxy) is 2. The molecule has 0 bridgehead atoms. The van der Waals surface area contributed by atoms with Gasteiger partial charge in [0, 0.05) is 16.2 Å². The first-order chi connectivity index (χ1) is 10.1. The molecule has 1 heterocycles. The topological polar surface area (TPSA) is 82.3 Å². The van der Waals surface area contributed by atoms with Gasteiger partial charge in [-0.05, 0) is 18.6 Å². The molecule has 0 aliphatic heterocycles. The van der Waals surface area contributed by atoms with Crippen LogP contribution in [-0.2, 0) is 0 Å². The molecule has 0 saturated carbocycles. The Kier molecular flexibility index (Phi) is 5.21. The second-order valence-electron chi connectivity index (χ2n) is 4.29. The van der Waals surface area contributed by atoms with Crippen LogP contribution >= 0.6 is 15.9 Å². The van der Waals surface area contributed by atoms with E-state index in [1.54, 1.807) is 7.11 Å². The molecule has 6 nitrogen and oxygen atoms in total. The lowest BCUT2D eigenvalue weighted by atomic mass is 10.3. The van der Waals surface area contributed by atoms with Crippen LogP contribution in [0.2, 0.25) is 0 Å². The number of anilines is 3. The minimum Gasteiger partial charge on any atom is -0.497 e. The Bertz CT molecular complexity index is 622. The van der Waals surface area contributed by atoms with Crippen molar-refractivity contribution in [1.29, 1.82) is 0 Å². The summed E-state index contributed by atoms with van der Waals surface area (Å²) in [6, 6.07) is 5.61. The highest BCUT2D eigenvalue weighted by Gasteiger charge is 2.10. The van der Waals surface area contributed by atoms with Crippen molar-refractivity contribution in [3.05, 3.63) is 29.0 Å². The van der Waals surface area contributed by atoms with Crippen molar-refractivity contribution in [3.8, 4) is 11.6 Å². The Morgan fingerprint density at radius 2 is 2.10 bits per heavy atom. The molecular weight excluding hydrogens is 336 g/mol. The van der Waals surface area contributed by atoms with Crippen molar-refractivity contribution in [1.82, 2.24) is 9.97 Å². The summed E-state index contributed by atoms with van der Waals surface area (Å²) in [5.41, 5.74) is 7.20. The monoisotopic (exact) mass is 352 g/mol. The quantitative estimate of drug-likeness (QED) is 0.829. The molecule has 0 amide bonds. The fraction of sp³-hybridized carbons (Fsp3) is 0.286. The van der Waals surface area contributed by atoms with Crippen molar-refractivity contribution < 1.29 is 9.47 Å². The van der Waals surface area contributed by atoms with Crippen molar-refractivity contribution in [2.75, 3.05) is 24.8 Å². The number of nitrogen functional groups attached to an aromatic ring is 1. The number of hydrogen-bond donors (Lipinski definition) is 2. The molecule has 3 N–H and O–H groups in total. The fourth-order valence-electron chi connectivity index (χ4n) is 1.68. The Labute approximate surface area is 131 Å². The maximum atomic E-state index is 6.03. The van der Waals surface area contributed by atoms with E-state index >= 15 is 0 Å². The minimum atomic E-state index is 0.380. The molecule has 0 aliphatic carbocycles. The molecule has 0 atom stereocenters. The van der Waals surface area contributed by atoms with Gasteiger partial charge in [0.15, 0.2) is 5.82 Å². The van der Waals surface area contributed by atoms with Gasteiger partial charge in [0.05, 0.1) is 13.7 Å². The van der Waals surface area contributed by atoms with Crippen LogP contribution in [0.15, 0.2) is 29.0 Å². The smallest absolute Gasteiger partial charge is 0.242 e. The van der Waals surface area contributed by atoms with Crippen LogP contribution in [-0.4, -0.2) is 23.7 Å². The van der Waals surface area contributed by atoms with Gasteiger partial charge in [-0.15, -0.1) is 0 Å². The Morgan fingerprint density at radius 3 is 2.81 bits per heavy atom. The van der Waals surface area contributed by atoms with Gasteiger partial charge in [0.2, 0.25) is 5.88 Å². The van der Waals surface area contributed by atoms with E-state index in [4.69, 9.17) is 15.2 Å². The Hall–Kier alpha value is -2.02. The minimum absolute atomic E-state index is 0.380. The predicted molar refractivity (Wildman–Crippen MR) is 86.2 cm³/mol. The van der Waals surface area contributed by atoms with Crippen LogP contribution in [0.3, 0.4) is 0 Å². The average Bonchev–Trinajstić information content (AvgIpc) is 2.47. The number of rotatable bonds is 6. The summed E-state index contributed by atoms with van der Waals surface area (Å²) in [7, 11) is 1.61. The van der Waals surface area contributed by atoms with Crippen molar-refractivity contribution in [2.45, 2.75) is 13.3 Å². The molecule has 0 aliphatic rings. The third-order valence-corrected chi connectivity index (χ3v) is 3.12. The SMILES string of the molecule is CCCOc1ncnc(Nc2cc(Br)cc(OC)c2)c1N. The molecule has 2 aromatic rings. The zero-order valence-corrected chi connectivity index (χ0v) is 13.5. The van der Waals surface area contributed by atoms with Gasteiger partial charge in [0.25, 0.3) is 0 Å². The van der Waals surface area contributed by atoms with E-state index in [-0.39, 0.29) is 0 Å². The van der Waals surface area contributed by atoms with Crippen LogP contribution in [0.1, 0.15) is 13.3 Å². The lowest BCUT2D eigenvalue weighted by molar-refractivity contribution is 0.307. The van der Waals surface area contributed by atoms with Crippen LogP contribution in [0, 0.1) is 0 Å². The molecular formula is C14H17BrN4O2. The summed E-state index contributed by atoms with van der Waals surface area (Å²) in [6.07, 6.45) is 2.30. The zero-order chi connectivity index (χ0) is 15.2. The molecule has 0 saturated heterocycles. The number of halogens is 1. The highest BCUT2D eigenvalue weighted by atomic mass is 79.9. The second kappa shape index (κ2) is 7.12. The van der Waals surface area contributed by atoms with Crippen LogP contribution in [0.5, 0.6) is 11.6 Å². The van der Waals surface area contributed by atoms with Gasteiger partial charge in [0.1, 0.15) is 17.8 Å². The number of methoxy groups -OCH3 is 1. The van der Waals surface area contributed by atoms with Gasteiger partial charge >= 0.3 is 0 Å². The highest BCUT2D eigenvalue weighted by Crippen LogP contribution is 2.30. The normalized spacial score (nSPS) is 10.2. The predicted octanol–water partition coefficient (Wildman–Crippen LogP) is 3.36. The number of hydrogen-bond acceptors (Lipinski definition) is 6. The number of aromatic nitrogens is 2. The molecule has 2 rings (SSSR count). The van der Waals surface area contributed by atoms with Crippen LogP contribution < -0.4 is 20.5 Å². The van der Waals surface area contributed by atoms with Crippen molar-refractivity contribution in [3.63, 3.8) is 0 Å². The van der Waals surface area contributed by atoms with E-state index in [1.165, 1.54) is 6.33 Å². The molecule has 1 aromatic carbocycles. The fourth-order valence-corrected chi connectivity index (χ4v) is 2.15. The zero-order valence-electron chi connectivity index (χ0n) is 11.9. The van der Waals surface area contributed by atoms with Gasteiger partial charge in [-0.3, -0.25) is 0 Å². The number of nitrogens with two attached hydrogens (primary N) is 1. The molecule has 0 spiro atoms. The number of benzene rings is 1. The summed E-state index contributed by atoms with van der Waals surface area (Å²) < 4.78 is 11.6.